The highest BCUT2D eigenvalue weighted by atomic mass is 79.9. The van der Waals surface area contributed by atoms with Crippen molar-refractivity contribution in [1.29, 1.82) is 0 Å². The van der Waals surface area contributed by atoms with E-state index in [1.165, 1.54) is 5.39 Å². The highest BCUT2D eigenvalue weighted by Gasteiger charge is 2.04. The van der Waals surface area contributed by atoms with Crippen molar-refractivity contribution in [3.05, 3.63) is 69.7 Å². The van der Waals surface area contributed by atoms with Gasteiger partial charge in [-0.2, -0.15) is 0 Å². The number of benzene rings is 3. The summed E-state index contributed by atoms with van der Waals surface area (Å²) in [6.07, 6.45) is 0. The van der Waals surface area contributed by atoms with Gasteiger partial charge in [0.2, 0.25) is 0 Å². The van der Waals surface area contributed by atoms with Crippen molar-refractivity contribution in [2.75, 3.05) is 0 Å². The Morgan fingerprint density at radius 2 is 1.52 bits per heavy atom. The van der Waals surface area contributed by atoms with Crippen LogP contribution in [-0.4, -0.2) is 0 Å². The maximum atomic E-state index is 6.19. The van der Waals surface area contributed by atoms with Crippen LogP contribution < -0.4 is 4.74 Å². The van der Waals surface area contributed by atoms with Crippen molar-refractivity contribution in [3.63, 3.8) is 0 Å². The van der Waals surface area contributed by atoms with Crippen LogP contribution >= 0.6 is 43.5 Å². The van der Waals surface area contributed by atoms with E-state index in [1.807, 2.05) is 42.5 Å². The third-order valence-corrected chi connectivity index (χ3v) is 4.63. The summed E-state index contributed by atoms with van der Waals surface area (Å²) in [5, 5.41) is 3.74. The van der Waals surface area contributed by atoms with Crippen LogP contribution in [0.3, 0.4) is 0 Å². The lowest BCUT2D eigenvalue weighted by Gasteiger charge is -2.09. The van der Waals surface area contributed by atoms with E-state index < -0.39 is 0 Å². The third kappa shape index (κ3) is 3.42. The second-order valence-corrected chi connectivity index (χ2v) is 6.53. The Bertz CT molecular complexity index is 802. The van der Waals surface area contributed by atoms with Gasteiger partial charge in [0, 0.05) is 14.8 Å². The molecule has 3 rings (SSSR count). The van der Waals surface area contributed by atoms with Crippen LogP contribution in [0.25, 0.3) is 10.8 Å². The summed E-state index contributed by atoms with van der Waals surface area (Å²) in [4.78, 5) is 0. The molecule has 0 fully saturated rings. The molecule has 0 aliphatic rings. The van der Waals surface area contributed by atoms with E-state index in [1.54, 1.807) is 0 Å². The van der Waals surface area contributed by atoms with Crippen molar-refractivity contribution in [1.82, 2.24) is 0 Å². The zero-order chi connectivity index (χ0) is 14.8. The number of halogens is 3. The average Bonchev–Trinajstić information content (AvgIpc) is 2.48. The minimum absolute atomic E-state index is 0.703. The second-order valence-electron chi connectivity index (χ2n) is 4.64. The van der Waals surface area contributed by atoms with E-state index in [-0.39, 0.29) is 0 Å². The Hall–Kier alpha value is -1.03. The van der Waals surface area contributed by atoms with Crippen LogP contribution in [0.2, 0.25) is 5.02 Å². The number of alkyl halides is 1. The van der Waals surface area contributed by atoms with E-state index in [4.69, 9.17) is 16.3 Å². The summed E-state index contributed by atoms with van der Waals surface area (Å²) in [6, 6.07) is 17.9. The van der Waals surface area contributed by atoms with E-state index >= 15 is 0 Å². The number of fused-ring (bicyclic) bond motifs is 1. The molecular formula is C17H11Br2ClO. The molecule has 0 bridgehead atoms. The first-order valence-electron chi connectivity index (χ1n) is 6.37. The first kappa shape index (κ1) is 14.9. The summed E-state index contributed by atoms with van der Waals surface area (Å²) in [5.74, 6) is 1.54. The summed E-state index contributed by atoms with van der Waals surface area (Å²) in [6.45, 7) is 0. The molecule has 0 saturated carbocycles. The van der Waals surface area contributed by atoms with Gasteiger partial charge in [-0.1, -0.05) is 61.7 Å². The fourth-order valence-corrected chi connectivity index (χ4v) is 3.36. The summed E-state index contributed by atoms with van der Waals surface area (Å²) >= 11 is 13.1. The van der Waals surface area contributed by atoms with Gasteiger partial charge in [0.1, 0.15) is 11.5 Å². The van der Waals surface area contributed by atoms with E-state index in [0.29, 0.717) is 5.02 Å². The lowest BCUT2D eigenvalue weighted by molar-refractivity contribution is 0.483. The Labute approximate surface area is 145 Å². The minimum atomic E-state index is 0.703. The normalized spacial score (nSPS) is 10.8. The SMILES string of the molecule is Clc1cc(Oc2ccc3cc(Br)ccc3c2)ccc1CBr. The first-order chi connectivity index (χ1) is 10.2. The van der Waals surface area contributed by atoms with Crippen molar-refractivity contribution < 1.29 is 4.74 Å². The van der Waals surface area contributed by atoms with Crippen LogP contribution in [0, 0.1) is 0 Å². The van der Waals surface area contributed by atoms with Crippen molar-refractivity contribution >= 4 is 54.2 Å². The van der Waals surface area contributed by atoms with Crippen molar-refractivity contribution in [2.24, 2.45) is 0 Å². The van der Waals surface area contributed by atoms with Gasteiger partial charge < -0.3 is 4.74 Å². The molecule has 0 aromatic heterocycles. The molecule has 0 spiro atoms. The van der Waals surface area contributed by atoms with Gasteiger partial charge in [-0.25, -0.2) is 0 Å². The Morgan fingerprint density at radius 1 is 0.857 bits per heavy atom. The summed E-state index contributed by atoms with van der Waals surface area (Å²) in [5.41, 5.74) is 1.05. The van der Waals surface area contributed by atoms with Gasteiger partial charge in [-0.3, -0.25) is 0 Å². The molecule has 21 heavy (non-hydrogen) atoms. The van der Waals surface area contributed by atoms with Gasteiger partial charge in [0.15, 0.2) is 0 Å². The molecule has 0 N–H and O–H groups in total. The fourth-order valence-electron chi connectivity index (χ4n) is 2.09. The smallest absolute Gasteiger partial charge is 0.128 e. The van der Waals surface area contributed by atoms with Gasteiger partial charge >= 0.3 is 0 Å². The molecule has 0 radical (unpaired) electrons. The number of hydrogen-bond donors (Lipinski definition) is 0. The molecule has 0 aliphatic heterocycles. The maximum Gasteiger partial charge on any atom is 0.128 e. The largest absolute Gasteiger partial charge is 0.457 e. The average molecular weight is 427 g/mol. The lowest BCUT2D eigenvalue weighted by atomic mass is 10.1. The van der Waals surface area contributed by atoms with Gasteiger partial charge in [0.25, 0.3) is 0 Å². The number of hydrogen-bond acceptors (Lipinski definition) is 1. The van der Waals surface area contributed by atoms with Crippen LogP contribution in [0.4, 0.5) is 0 Å². The minimum Gasteiger partial charge on any atom is -0.457 e. The van der Waals surface area contributed by atoms with Gasteiger partial charge in [-0.15, -0.1) is 0 Å². The fraction of sp³-hybridized carbons (Fsp3) is 0.0588. The lowest BCUT2D eigenvalue weighted by Crippen LogP contribution is -1.86. The molecule has 0 heterocycles. The standard InChI is InChI=1S/C17H11Br2ClO/c18-10-13-3-6-16(9-17(13)20)21-15-5-2-11-7-14(19)4-1-12(11)8-15/h1-9H,10H2. The van der Waals surface area contributed by atoms with Crippen LogP contribution in [0.1, 0.15) is 5.56 Å². The second kappa shape index (κ2) is 6.39. The highest BCUT2D eigenvalue weighted by Crippen LogP contribution is 2.30. The molecule has 0 atom stereocenters. The van der Waals surface area contributed by atoms with Crippen LogP contribution in [0.15, 0.2) is 59.1 Å². The van der Waals surface area contributed by atoms with Crippen LogP contribution in [0.5, 0.6) is 11.5 Å². The molecule has 4 heteroatoms. The van der Waals surface area contributed by atoms with Gasteiger partial charge in [0.05, 0.1) is 0 Å². The monoisotopic (exact) mass is 424 g/mol. The van der Waals surface area contributed by atoms with E-state index in [9.17, 15) is 0 Å². The molecule has 0 amide bonds. The molecular weight excluding hydrogens is 415 g/mol. The highest BCUT2D eigenvalue weighted by molar-refractivity contribution is 9.10. The van der Waals surface area contributed by atoms with Crippen molar-refractivity contribution in [3.8, 4) is 11.5 Å². The molecule has 1 nitrogen and oxygen atoms in total. The summed E-state index contributed by atoms with van der Waals surface area (Å²) < 4.78 is 6.96. The number of ether oxygens (including phenoxy) is 1. The maximum absolute atomic E-state index is 6.19. The Balaban J connectivity index is 1.91. The predicted octanol–water partition coefficient (Wildman–Crippen LogP) is 6.94. The molecule has 106 valence electrons. The quantitative estimate of drug-likeness (QED) is 0.412. The Kier molecular flexibility index (Phi) is 4.53. The summed E-state index contributed by atoms with van der Waals surface area (Å²) in [7, 11) is 0. The zero-order valence-corrected chi connectivity index (χ0v) is 14.9. The van der Waals surface area contributed by atoms with E-state index in [2.05, 4.69) is 44.0 Å². The third-order valence-electron chi connectivity index (χ3n) is 3.18. The first-order valence-corrected chi connectivity index (χ1v) is 8.66. The van der Waals surface area contributed by atoms with Crippen molar-refractivity contribution in [2.45, 2.75) is 5.33 Å². The topological polar surface area (TPSA) is 9.23 Å². The molecule has 0 aliphatic carbocycles. The molecule has 3 aromatic rings. The van der Waals surface area contributed by atoms with Gasteiger partial charge in [-0.05, 0) is 52.7 Å². The molecule has 3 aromatic carbocycles. The predicted molar refractivity (Wildman–Crippen MR) is 95.8 cm³/mol. The van der Waals surface area contributed by atoms with Crippen LogP contribution in [-0.2, 0) is 5.33 Å². The molecule has 0 saturated heterocycles. The zero-order valence-electron chi connectivity index (χ0n) is 10.9. The van der Waals surface area contributed by atoms with E-state index in [0.717, 1.165) is 32.3 Å². The molecule has 0 unspecified atom stereocenters. The number of rotatable bonds is 3. The Morgan fingerprint density at radius 3 is 2.29 bits per heavy atom.